The van der Waals surface area contributed by atoms with Gasteiger partial charge in [0.25, 0.3) is 6.01 Å². The fraction of sp³-hybridized carbons (Fsp3) is 0.314. The van der Waals surface area contributed by atoms with Gasteiger partial charge in [-0.3, -0.25) is 0 Å². The second-order valence-electron chi connectivity index (χ2n) is 12.1. The summed E-state index contributed by atoms with van der Waals surface area (Å²) < 4.78 is 40.3. The maximum Gasteiger partial charge on any atom is 0.360 e. The highest BCUT2D eigenvalue weighted by Gasteiger charge is 2.50. The number of aromatic nitrogens is 2. The van der Waals surface area contributed by atoms with E-state index < -0.39 is 11.6 Å². The zero-order valence-electron chi connectivity index (χ0n) is 25.0. The second-order valence-corrected chi connectivity index (χ2v) is 12.1. The first kappa shape index (κ1) is 28.2. The van der Waals surface area contributed by atoms with Crippen molar-refractivity contribution in [3.8, 4) is 11.4 Å². The van der Waals surface area contributed by atoms with Gasteiger partial charge in [0.1, 0.15) is 24.4 Å². The summed E-state index contributed by atoms with van der Waals surface area (Å²) in [5.74, 6) is -0.0334. The van der Waals surface area contributed by atoms with Crippen LogP contribution in [0.4, 0.5) is 10.4 Å². The Morgan fingerprint density at radius 2 is 1.75 bits per heavy atom. The number of ether oxygens (including phenoxy) is 3. The van der Waals surface area contributed by atoms with E-state index in [4.69, 9.17) is 18.6 Å². The minimum atomic E-state index is -0.602. The molecule has 0 atom stereocenters. The Kier molecular flexibility index (Phi) is 6.93. The molecule has 226 valence electrons. The van der Waals surface area contributed by atoms with Crippen molar-refractivity contribution in [1.29, 1.82) is 0 Å². The zero-order valence-corrected chi connectivity index (χ0v) is 25.0. The minimum absolute atomic E-state index is 0.142. The fourth-order valence-electron chi connectivity index (χ4n) is 6.63. The van der Waals surface area contributed by atoms with Gasteiger partial charge in [0.2, 0.25) is 0 Å². The van der Waals surface area contributed by atoms with E-state index in [1.54, 1.807) is 0 Å². The van der Waals surface area contributed by atoms with Crippen LogP contribution < -0.4 is 9.64 Å². The van der Waals surface area contributed by atoms with Crippen LogP contribution in [0.15, 0.2) is 83.5 Å². The number of fused-ring (bicyclic) bond motifs is 4. The van der Waals surface area contributed by atoms with Crippen LogP contribution in [-0.2, 0) is 27.1 Å². The van der Waals surface area contributed by atoms with Crippen LogP contribution in [0.25, 0.3) is 16.6 Å². The topological polar surface area (TPSA) is 79.0 Å². The molecule has 0 saturated carbocycles. The predicted molar refractivity (Wildman–Crippen MR) is 164 cm³/mol. The standard InChI is InChI=1S/C35H34FN3O5/c1-34(2)22-44-35(16-18-38(19-17-35)33-37-26(21-43-33)32(40)41-3)30-29-27(39(31(30)34)25-14-12-24(36)13-15-25)10-7-11-28(29)42-20-23-8-5-4-6-9-23/h4-15,21H,16-20,22H2,1-3H3. The molecule has 0 amide bonds. The summed E-state index contributed by atoms with van der Waals surface area (Å²) in [6, 6.07) is 23.3. The van der Waals surface area contributed by atoms with E-state index in [0.29, 0.717) is 45.2 Å². The first-order valence-corrected chi connectivity index (χ1v) is 14.8. The molecule has 3 aromatic carbocycles. The normalized spacial score (nSPS) is 17.0. The molecule has 5 aromatic rings. The van der Waals surface area contributed by atoms with Gasteiger partial charge in [-0.05, 0) is 54.8 Å². The number of nitrogens with zero attached hydrogens (tertiary/aromatic N) is 3. The fourth-order valence-corrected chi connectivity index (χ4v) is 6.63. The van der Waals surface area contributed by atoms with Crippen molar-refractivity contribution in [3.05, 3.63) is 107 Å². The molecule has 2 aliphatic rings. The van der Waals surface area contributed by atoms with Gasteiger partial charge in [0.05, 0.1) is 24.8 Å². The van der Waals surface area contributed by atoms with Crippen molar-refractivity contribution in [3.63, 3.8) is 0 Å². The number of carbonyl (C=O) groups excluding carboxylic acids is 1. The lowest BCUT2D eigenvalue weighted by molar-refractivity contribution is -0.0987. The molecule has 1 saturated heterocycles. The molecule has 1 fully saturated rings. The SMILES string of the molecule is COC(=O)c1coc(N2CCC3(CC2)OCC(C)(C)c2c3c3c(OCc4ccccc4)cccc3n2-c2ccc(F)cc2)n1. The van der Waals surface area contributed by atoms with Crippen molar-refractivity contribution in [1.82, 2.24) is 9.55 Å². The molecule has 7 rings (SSSR count). The number of anilines is 1. The number of benzene rings is 3. The number of hydrogen-bond donors (Lipinski definition) is 0. The van der Waals surface area contributed by atoms with Gasteiger partial charge in [-0.1, -0.05) is 50.2 Å². The number of carbonyl (C=O) groups is 1. The number of methoxy groups -OCH3 is 1. The molecule has 4 heterocycles. The average molecular weight is 596 g/mol. The predicted octanol–water partition coefficient (Wildman–Crippen LogP) is 6.93. The minimum Gasteiger partial charge on any atom is -0.488 e. The van der Waals surface area contributed by atoms with Gasteiger partial charge in [0.15, 0.2) is 5.69 Å². The van der Waals surface area contributed by atoms with Crippen LogP contribution in [-0.4, -0.2) is 42.3 Å². The van der Waals surface area contributed by atoms with Crippen LogP contribution in [0.1, 0.15) is 54.0 Å². The van der Waals surface area contributed by atoms with Gasteiger partial charge in [0, 0.05) is 40.8 Å². The lowest BCUT2D eigenvalue weighted by Gasteiger charge is -2.48. The number of piperidine rings is 1. The van der Waals surface area contributed by atoms with Crippen LogP contribution in [0.2, 0.25) is 0 Å². The van der Waals surface area contributed by atoms with E-state index >= 15 is 0 Å². The van der Waals surface area contributed by atoms with E-state index in [1.807, 2.05) is 47.4 Å². The highest BCUT2D eigenvalue weighted by Crippen LogP contribution is 2.53. The van der Waals surface area contributed by atoms with Gasteiger partial charge in [-0.25, -0.2) is 9.18 Å². The third kappa shape index (κ3) is 4.72. The summed E-state index contributed by atoms with van der Waals surface area (Å²) in [4.78, 5) is 18.4. The summed E-state index contributed by atoms with van der Waals surface area (Å²) >= 11 is 0. The molecule has 0 N–H and O–H groups in total. The molecule has 0 radical (unpaired) electrons. The molecule has 0 unspecified atom stereocenters. The van der Waals surface area contributed by atoms with Crippen molar-refractivity contribution in [2.45, 2.75) is 44.3 Å². The summed E-state index contributed by atoms with van der Waals surface area (Å²) in [5.41, 5.74) is 4.39. The molecule has 9 heteroatoms. The highest BCUT2D eigenvalue weighted by molar-refractivity contribution is 5.94. The number of esters is 1. The third-order valence-corrected chi connectivity index (χ3v) is 8.81. The van der Waals surface area contributed by atoms with Crippen molar-refractivity contribution < 1.29 is 27.8 Å². The zero-order chi connectivity index (χ0) is 30.5. The van der Waals surface area contributed by atoms with Crippen molar-refractivity contribution in [2.24, 2.45) is 0 Å². The molecule has 1 spiro atoms. The average Bonchev–Trinajstić information content (AvgIpc) is 3.68. The molecular formula is C35H34FN3O5. The molecule has 2 aromatic heterocycles. The number of rotatable bonds is 6. The van der Waals surface area contributed by atoms with Gasteiger partial charge in [-0.2, -0.15) is 4.98 Å². The van der Waals surface area contributed by atoms with Crippen molar-refractivity contribution >= 4 is 22.9 Å². The first-order chi connectivity index (χ1) is 21.3. The number of hydrogen-bond acceptors (Lipinski definition) is 7. The Bertz CT molecular complexity index is 1820. The largest absolute Gasteiger partial charge is 0.488 e. The molecule has 44 heavy (non-hydrogen) atoms. The first-order valence-electron chi connectivity index (χ1n) is 14.8. The molecule has 8 nitrogen and oxygen atoms in total. The Morgan fingerprint density at radius 1 is 1.00 bits per heavy atom. The van der Waals surface area contributed by atoms with Crippen LogP contribution in [0.5, 0.6) is 5.75 Å². The Hall–Kier alpha value is -4.63. The molecule has 0 aliphatic carbocycles. The van der Waals surface area contributed by atoms with Crippen molar-refractivity contribution in [2.75, 3.05) is 31.7 Å². The van der Waals surface area contributed by atoms with E-state index in [0.717, 1.165) is 39.2 Å². The highest BCUT2D eigenvalue weighted by atomic mass is 19.1. The van der Waals surface area contributed by atoms with E-state index in [2.05, 4.69) is 41.6 Å². The summed E-state index contributed by atoms with van der Waals surface area (Å²) in [6.45, 7) is 6.54. The van der Waals surface area contributed by atoms with E-state index in [1.165, 1.54) is 25.5 Å². The molecule has 0 bridgehead atoms. The smallest absolute Gasteiger partial charge is 0.360 e. The maximum absolute atomic E-state index is 14.1. The Morgan fingerprint density at radius 3 is 2.48 bits per heavy atom. The lowest BCUT2D eigenvalue weighted by atomic mass is 9.74. The lowest BCUT2D eigenvalue weighted by Crippen LogP contribution is -2.50. The summed E-state index contributed by atoms with van der Waals surface area (Å²) in [7, 11) is 1.32. The Balaban J connectivity index is 1.36. The third-order valence-electron chi connectivity index (χ3n) is 8.81. The Labute approximate surface area is 255 Å². The molecule has 2 aliphatic heterocycles. The van der Waals surface area contributed by atoms with Gasteiger partial charge >= 0.3 is 5.97 Å². The quantitative estimate of drug-likeness (QED) is 0.197. The van der Waals surface area contributed by atoms with E-state index in [9.17, 15) is 9.18 Å². The number of halogens is 1. The maximum atomic E-state index is 14.1. The van der Waals surface area contributed by atoms with Gasteiger partial charge < -0.3 is 28.1 Å². The summed E-state index contributed by atoms with van der Waals surface area (Å²) in [6.07, 6.45) is 2.67. The van der Waals surface area contributed by atoms with E-state index in [-0.39, 0.29) is 16.9 Å². The van der Waals surface area contributed by atoms with Gasteiger partial charge in [-0.15, -0.1) is 0 Å². The monoisotopic (exact) mass is 595 g/mol. The molecular weight excluding hydrogens is 561 g/mol. The number of oxazole rings is 1. The van der Waals surface area contributed by atoms with Crippen LogP contribution in [0, 0.1) is 5.82 Å². The summed E-state index contributed by atoms with van der Waals surface area (Å²) in [5, 5.41) is 1.01. The van der Waals surface area contributed by atoms with Crippen LogP contribution >= 0.6 is 0 Å². The second kappa shape index (κ2) is 10.8. The van der Waals surface area contributed by atoms with Crippen LogP contribution in [0.3, 0.4) is 0 Å².